The van der Waals surface area contributed by atoms with Crippen molar-refractivity contribution in [2.45, 2.75) is 13.0 Å². The average molecular weight is 373 g/mol. The molecule has 1 aromatic heterocycles. The fourth-order valence-electron chi connectivity index (χ4n) is 1.62. The summed E-state index contributed by atoms with van der Waals surface area (Å²) in [5.74, 6) is 0. The number of hydrogen-bond donors (Lipinski definition) is 1. The first-order chi connectivity index (χ1) is 9.16. The second kappa shape index (κ2) is 6.45. The molecule has 0 saturated carbocycles. The zero-order chi connectivity index (χ0) is 13.7. The lowest BCUT2D eigenvalue weighted by atomic mass is 10.2. The van der Waals surface area contributed by atoms with Gasteiger partial charge >= 0.3 is 0 Å². The lowest BCUT2D eigenvalue weighted by molar-refractivity contribution is -0.384. The number of halogens is 1. The Balaban J connectivity index is 1.90. The molecule has 0 aliphatic rings. The van der Waals surface area contributed by atoms with Crippen molar-refractivity contribution in [3.8, 4) is 0 Å². The van der Waals surface area contributed by atoms with Crippen LogP contribution in [0, 0.1) is 13.7 Å². The predicted octanol–water partition coefficient (Wildman–Crippen LogP) is 2.29. The Kier molecular flexibility index (Phi) is 4.66. The van der Waals surface area contributed by atoms with Crippen LogP contribution in [0.3, 0.4) is 0 Å². The molecule has 0 saturated heterocycles. The van der Waals surface area contributed by atoms with Crippen molar-refractivity contribution in [1.29, 1.82) is 0 Å². The van der Waals surface area contributed by atoms with Crippen LogP contribution in [0.1, 0.15) is 6.42 Å². The fraction of sp³-hybridized carbons (Fsp3) is 0.273. The van der Waals surface area contributed by atoms with Gasteiger partial charge in [-0.3, -0.25) is 14.8 Å². The number of rotatable bonds is 6. The van der Waals surface area contributed by atoms with Crippen LogP contribution in [0.25, 0.3) is 0 Å². The average Bonchev–Trinajstić information content (AvgIpc) is 2.89. The van der Waals surface area contributed by atoms with Crippen molar-refractivity contribution in [3.05, 3.63) is 44.3 Å². The van der Waals surface area contributed by atoms with Crippen molar-refractivity contribution in [1.82, 2.24) is 15.0 Å². The van der Waals surface area contributed by atoms with Gasteiger partial charge < -0.3 is 5.32 Å². The number of nitrogens with zero attached hydrogens (tertiary/aromatic N) is 4. The molecular formula is C11H12IN5O2. The number of hydrogen-bond acceptors (Lipinski definition) is 5. The molecule has 0 spiro atoms. The summed E-state index contributed by atoms with van der Waals surface area (Å²) < 4.78 is 2.57. The molecule has 19 heavy (non-hydrogen) atoms. The number of aromatic nitrogens is 3. The Bertz CT molecular complexity index is 558. The van der Waals surface area contributed by atoms with Crippen LogP contribution >= 0.6 is 22.6 Å². The molecule has 0 amide bonds. The van der Waals surface area contributed by atoms with Crippen molar-refractivity contribution >= 4 is 34.0 Å². The number of nitrogens with one attached hydrogen (secondary N) is 1. The van der Waals surface area contributed by atoms with E-state index in [1.54, 1.807) is 29.2 Å². The molecule has 0 aliphatic heterocycles. The molecule has 2 aromatic rings. The first-order valence-electron chi connectivity index (χ1n) is 5.69. The highest BCUT2D eigenvalue weighted by Crippen LogP contribution is 2.26. The van der Waals surface area contributed by atoms with Gasteiger partial charge in [0.25, 0.3) is 5.69 Å². The Morgan fingerprint density at radius 3 is 3.00 bits per heavy atom. The van der Waals surface area contributed by atoms with Crippen LogP contribution in [0.2, 0.25) is 0 Å². The second-order valence-electron chi connectivity index (χ2n) is 3.87. The van der Waals surface area contributed by atoms with Crippen molar-refractivity contribution in [3.63, 3.8) is 0 Å². The monoisotopic (exact) mass is 373 g/mol. The Morgan fingerprint density at radius 2 is 2.32 bits per heavy atom. The third-order valence-corrected chi connectivity index (χ3v) is 3.18. The molecule has 0 fully saturated rings. The SMILES string of the molecule is O=[N+]([O-])c1cc(I)ccc1NCCCn1ccnn1. The molecule has 1 heterocycles. The fourth-order valence-corrected chi connectivity index (χ4v) is 2.10. The van der Waals surface area contributed by atoms with Crippen LogP contribution < -0.4 is 5.32 Å². The lowest BCUT2D eigenvalue weighted by Gasteiger charge is -2.07. The number of anilines is 1. The summed E-state index contributed by atoms with van der Waals surface area (Å²) in [6.45, 7) is 1.37. The molecular weight excluding hydrogens is 361 g/mol. The van der Waals surface area contributed by atoms with Crippen LogP contribution in [-0.2, 0) is 6.54 Å². The molecule has 100 valence electrons. The molecule has 0 aliphatic carbocycles. The van der Waals surface area contributed by atoms with E-state index >= 15 is 0 Å². The standard InChI is InChI=1S/C11H12IN5O2/c12-9-2-3-10(11(8-9)17(18)19)13-4-1-6-16-7-5-14-15-16/h2-3,5,7-8,13H,1,4,6H2. The van der Waals surface area contributed by atoms with Crippen LogP contribution in [0.15, 0.2) is 30.6 Å². The van der Waals surface area contributed by atoms with Crippen molar-refractivity contribution in [2.24, 2.45) is 0 Å². The first-order valence-corrected chi connectivity index (χ1v) is 6.76. The number of nitro benzene ring substituents is 1. The zero-order valence-electron chi connectivity index (χ0n) is 9.99. The predicted molar refractivity (Wildman–Crippen MR) is 78.9 cm³/mol. The van der Waals surface area contributed by atoms with E-state index in [1.165, 1.54) is 0 Å². The summed E-state index contributed by atoms with van der Waals surface area (Å²) in [5, 5.41) is 21.6. The summed E-state index contributed by atoms with van der Waals surface area (Å²) >= 11 is 2.06. The minimum absolute atomic E-state index is 0.104. The topological polar surface area (TPSA) is 85.9 Å². The maximum atomic E-state index is 10.9. The van der Waals surface area contributed by atoms with Crippen LogP contribution in [-0.4, -0.2) is 26.5 Å². The summed E-state index contributed by atoms with van der Waals surface area (Å²) in [6.07, 6.45) is 4.22. The molecule has 1 N–H and O–H groups in total. The van der Waals surface area contributed by atoms with E-state index in [-0.39, 0.29) is 10.6 Å². The molecule has 2 rings (SSSR count). The zero-order valence-corrected chi connectivity index (χ0v) is 12.1. The van der Waals surface area contributed by atoms with E-state index in [0.29, 0.717) is 12.2 Å². The van der Waals surface area contributed by atoms with Gasteiger partial charge in [-0.05, 0) is 41.1 Å². The van der Waals surface area contributed by atoms with E-state index < -0.39 is 0 Å². The van der Waals surface area contributed by atoms with Crippen LogP contribution in [0.4, 0.5) is 11.4 Å². The summed E-state index contributed by atoms with van der Waals surface area (Å²) in [6, 6.07) is 5.13. The Morgan fingerprint density at radius 1 is 1.47 bits per heavy atom. The number of aryl methyl sites for hydroxylation is 1. The van der Waals surface area contributed by atoms with E-state index in [9.17, 15) is 10.1 Å². The minimum atomic E-state index is -0.373. The molecule has 0 bridgehead atoms. The largest absolute Gasteiger partial charge is 0.379 e. The maximum Gasteiger partial charge on any atom is 0.293 e. The summed E-state index contributed by atoms with van der Waals surface area (Å²) in [5.41, 5.74) is 0.650. The maximum absolute atomic E-state index is 10.9. The van der Waals surface area contributed by atoms with Crippen LogP contribution in [0.5, 0.6) is 0 Å². The molecule has 0 atom stereocenters. The van der Waals surface area contributed by atoms with Gasteiger partial charge in [0.2, 0.25) is 0 Å². The van der Waals surface area contributed by atoms with E-state index in [1.807, 2.05) is 6.07 Å². The van der Waals surface area contributed by atoms with E-state index in [0.717, 1.165) is 16.5 Å². The quantitative estimate of drug-likeness (QED) is 0.364. The lowest BCUT2D eigenvalue weighted by Crippen LogP contribution is -2.08. The third kappa shape index (κ3) is 3.88. The van der Waals surface area contributed by atoms with Gasteiger partial charge in [-0.1, -0.05) is 5.21 Å². The van der Waals surface area contributed by atoms with Gasteiger partial charge in [0.15, 0.2) is 0 Å². The third-order valence-electron chi connectivity index (χ3n) is 2.51. The van der Waals surface area contributed by atoms with Gasteiger partial charge in [0, 0.05) is 28.9 Å². The summed E-state index contributed by atoms with van der Waals surface area (Å²) in [7, 11) is 0. The Hall–Kier alpha value is -1.71. The molecule has 7 nitrogen and oxygen atoms in total. The van der Waals surface area contributed by atoms with Gasteiger partial charge in [0.05, 0.1) is 11.1 Å². The number of nitro groups is 1. The van der Waals surface area contributed by atoms with Crippen molar-refractivity contribution in [2.75, 3.05) is 11.9 Å². The van der Waals surface area contributed by atoms with E-state index in [4.69, 9.17) is 0 Å². The molecule has 8 heteroatoms. The smallest absolute Gasteiger partial charge is 0.293 e. The summed E-state index contributed by atoms with van der Waals surface area (Å²) in [4.78, 5) is 10.6. The minimum Gasteiger partial charge on any atom is -0.379 e. The van der Waals surface area contributed by atoms with Gasteiger partial charge in [-0.2, -0.15) is 0 Å². The highest BCUT2D eigenvalue weighted by Gasteiger charge is 2.13. The highest BCUT2D eigenvalue weighted by molar-refractivity contribution is 14.1. The normalized spacial score (nSPS) is 10.4. The molecule has 1 aromatic carbocycles. The van der Waals surface area contributed by atoms with Gasteiger partial charge in [0.1, 0.15) is 5.69 Å². The second-order valence-corrected chi connectivity index (χ2v) is 5.11. The Labute approximate surface area is 123 Å². The van der Waals surface area contributed by atoms with Crippen molar-refractivity contribution < 1.29 is 4.92 Å². The van der Waals surface area contributed by atoms with E-state index in [2.05, 4.69) is 38.2 Å². The number of benzene rings is 1. The van der Waals surface area contributed by atoms with Gasteiger partial charge in [-0.25, -0.2) is 0 Å². The molecule has 0 radical (unpaired) electrons. The molecule has 0 unspecified atom stereocenters. The highest BCUT2D eigenvalue weighted by atomic mass is 127. The first kappa shape index (κ1) is 13.7. The van der Waals surface area contributed by atoms with Gasteiger partial charge in [-0.15, -0.1) is 5.10 Å².